The van der Waals surface area contributed by atoms with E-state index < -0.39 is 0 Å². The summed E-state index contributed by atoms with van der Waals surface area (Å²) in [5.41, 5.74) is 1.27. The highest BCUT2D eigenvalue weighted by Gasteiger charge is 2.26. The van der Waals surface area contributed by atoms with Crippen molar-refractivity contribution in [2.45, 2.75) is 73.6 Å². The van der Waals surface area contributed by atoms with E-state index in [-0.39, 0.29) is 11.2 Å². The molecule has 0 fully saturated rings. The summed E-state index contributed by atoms with van der Waals surface area (Å²) in [4.78, 5) is 0. The molecule has 0 aromatic heterocycles. The quantitative estimate of drug-likeness (QED) is 0.365. The van der Waals surface area contributed by atoms with Crippen molar-refractivity contribution in [3.8, 4) is 0 Å². The Labute approximate surface area is 137 Å². The average Bonchev–Trinajstić information content (AvgIpc) is 2.43. The van der Waals surface area contributed by atoms with Crippen molar-refractivity contribution < 1.29 is 4.39 Å². The molecule has 0 aromatic rings. The predicted molar refractivity (Wildman–Crippen MR) is 98.6 cm³/mol. The van der Waals surface area contributed by atoms with Crippen LogP contribution < -0.4 is 0 Å². The molecule has 0 nitrogen and oxygen atoms in total. The Morgan fingerprint density at radius 3 is 2.45 bits per heavy atom. The molecule has 0 saturated heterocycles. The van der Waals surface area contributed by atoms with E-state index in [1.54, 1.807) is 6.08 Å². The van der Waals surface area contributed by atoms with Gasteiger partial charge in [0.2, 0.25) is 0 Å². The maximum Gasteiger partial charge on any atom is 0.100 e. The largest absolute Gasteiger partial charge is 0.212 e. The third-order valence-electron chi connectivity index (χ3n) is 4.22. The maximum atomic E-state index is 14.0. The van der Waals surface area contributed by atoms with Crippen LogP contribution in [0.3, 0.4) is 0 Å². The second kappa shape index (κ2) is 11.5. The fourth-order valence-electron chi connectivity index (χ4n) is 2.27. The number of allylic oxidation sites excluding steroid dienone is 8. The topological polar surface area (TPSA) is 0 Å². The summed E-state index contributed by atoms with van der Waals surface area (Å²) >= 11 is 0. The van der Waals surface area contributed by atoms with Gasteiger partial charge in [0.1, 0.15) is 5.83 Å². The van der Waals surface area contributed by atoms with Crippen LogP contribution in [-0.4, -0.2) is 0 Å². The first-order chi connectivity index (χ1) is 10.3. The minimum Gasteiger partial charge on any atom is -0.212 e. The van der Waals surface area contributed by atoms with Crippen LogP contribution in [0.4, 0.5) is 4.39 Å². The highest BCUT2D eigenvalue weighted by molar-refractivity contribution is 5.16. The molecule has 0 radical (unpaired) electrons. The molecule has 0 aliphatic heterocycles. The van der Waals surface area contributed by atoms with Crippen molar-refractivity contribution in [1.29, 1.82) is 0 Å². The lowest BCUT2D eigenvalue weighted by atomic mass is 9.75. The molecular formula is C21H35F. The van der Waals surface area contributed by atoms with E-state index >= 15 is 0 Å². The van der Waals surface area contributed by atoms with Gasteiger partial charge >= 0.3 is 0 Å². The third kappa shape index (κ3) is 9.76. The Morgan fingerprint density at radius 2 is 1.86 bits per heavy atom. The summed E-state index contributed by atoms with van der Waals surface area (Å²) in [5.74, 6) is 0.423. The van der Waals surface area contributed by atoms with Crippen molar-refractivity contribution in [3.05, 3.63) is 47.9 Å². The van der Waals surface area contributed by atoms with E-state index in [4.69, 9.17) is 0 Å². The molecule has 0 aliphatic carbocycles. The molecule has 0 spiro atoms. The Morgan fingerprint density at radius 1 is 1.18 bits per heavy atom. The number of hydrogen-bond donors (Lipinski definition) is 0. The molecule has 1 atom stereocenters. The summed E-state index contributed by atoms with van der Waals surface area (Å²) in [6.45, 7) is 12.9. The first-order valence-corrected chi connectivity index (χ1v) is 8.68. The molecule has 0 heterocycles. The summed E-state index contributed by atoms with van der Waals surface area (Å²) in [6, 6.07) is 0. The summed E-state index contributed by atoms with van der Waals surface area (Å²) in [5, 5.41) is 0. The molecular weight excluding hydrogens is 271 g/mol. The van der Waals surface area contributed by atoms with Gasteiger partial charge in [-0.3, -0.25) is 0 Å². The monoisotopic (exact) mass is 306 g/mol. The number of rotatable bonds is 10. The fraction of sp³-hybridized carbons (Fsp3) is 0.619. The normalized spacial score (nSPS) is 16.0. The average molecular weight is 307 g/mol. The number of unbranched alkanes of at least 4 members (excludes halogenated alkanes) is 1. The van der Waals surface area contributed by atoms with Crippen molar-refractivity contribution >= 4 is 0 Å². The van der Waals surface area contributed by atoms with Gasteiger partial charge < -0.3 is 0 Å². The maximum absolute atomic E-state index is 14.0. The Hall–Kier alpha value is -1.11. The molecule has 22 heavy (non-hydrogen) atoms. The van der Waals surface area contributed by atoms with Crippen LogP contribution in [0.5, 0.6) is 0 Å². The van der Waals surface area contributed by atoms with Crippen LogP contribution in [-0.2, 0) is 0 Å². The highest BCUT2D eigenvalue weighted by Crippen LogP contribution is 2.36. The van der Waals surface area contributed by atoms with Gasteiger partial charge in [-0.1, -0.05) is 77.0 Å². The van der Waals surface area contributed by atoms with Crippen LogP contribution in [0.15, 0.2) is 47.9 Å². The first kappa shape index (κ1) is 20.9. The minimum atomic E-state index is -0.0358. The molecule has 0 rings (SSSR count). The summed E-state index contributed by atoms with van der Waals surface area (Å²) in [6.07, 6.45) is 16.8. The number of hydrogen-bond acceptors (Lipinski definition) is 0. The lowest BCUT2D eigenvalue weighted by molar-refractivity contribution is 0.216. The molecule has 0 aromatic carbocycles. The van der Waals surface area contributed by atoms with Gasteiger partial charge in [-0.15, -0.1) is 0 Å². The fourth-order valence-corrected chi connectivity index (χ4v) is 2.27. The van der Waals surface area contributed by atoms with Gasteiger partial charge in [0.15, 0.2) is 0 Å². The zero-order chi connectivity index (χ0) is 17.0. The minimum absolute atomic E-state index is 0.0183. The van der Waals surface area contributed by atoms with Crippen molar-refractivity contribution in [3.63, 3.8) is 0 Å². The van der Waals surface area contributed by atoms with Crippen molar-refractivity contribution in [2.75, 3.05) is 0 Å². The van der Waals surface area contributed by atoms with E-state index in [2.05, 4.69) is 59.8 Å². The second-order valence-corrected chi connectivity index (χ2v) is 6.89. The van der Waals surface area contributed by atoms with Crippen LogP contribution in [0.1, 0.15) is 73.6 Å². The van der Waals surface area contributed by atoms with Gasteiger partial charge in [0, 0.05) is 6.42 Å². The summed E-state index contributed by atoms with van der Waals surface area (Å²) in [7, 11) is 0. The Bertz CT molecular complexity index is 408. The van der Waals surface area contributed by atoms with E-state index in [1.165, 1.54) is 5.57 Å². The molecule has 126 valence electrons. The molecule has 0 bridgehead atoms. The third-order valence-corrected chi connectivity index (χ3v) is 4.22. The summed E-state index contributed by atoms with van der Waals surface area (Å²) < 4.78 is 14.0. The van der Waals surface area contributed by atoms with Crippen molar-refractivity contribution in [2.24, 2.45) is 11.3 Å². The standard InChI is InChI=1S/C21H35F/c1-7-9-10-11-16-20(22)17-21(5,6)19(4)15-12-14-18(3)13-8-2/h10-14,16,19H,7-9,15,17H2,1-6H3/b11-10-,14-12-,18-13+,20-16+. The van der Waals surface area contributed by atoms with Gasteiger partial charge in [-0.2, -0.15) is 0 Å². The van der Waals surface area contributed by atoms with Gasteiger partial charge in [-0.05, 0) is 43.6 Å². The lowest BCUT2D eigenvalue weighted by Crippen LogP contribution is -2.21. The molecule has 0 aliphatic rings. The van der Waals surface area contributed by atoms with Crippen LogP contribution in [0, 0.1) is 11.3 Å². The van der Waals surface area contributed by atoms with E-state index in [9.17, 15) is 4.39 Å². The Kier molecular flexibility index (Phi) is 10.9. The Balaban J connectivity index is 4.49. The van der Waals surface area contributed by atoms with E-state index in [0.717, 1.165) is 25.7 Å². The van der Waals surface area contributed by atoms with Crippen molar-refractivity contribution in [1.82, 2.24) is 0 Å². The van der Waals surface area contributed by atoms with Gasteiger partial charge in [0.25, 0.3) is 0 Å². The smallest absolute Gasteiger partial charge is 0.100 e. The van der Waals surface area contributed by atoms with Crippen LogP contribution in [0.25, 0.3) is 0 Å². The zero-order valence-electron chi connectivity index (χ0n) is 15.5. The van der Waals surface area contributed by atoms with Gasteiger partial charge in [0.05, 0.1) is 0 Å². The second-order valence-electron chi connectivity index (χ2n) is 6.89. The molecule has 1 unspecified atom stereocenters. The van der Waals surface area contributed by atoms with Crippen LogP contribution >= 0.6 is 0 Å². The molecule has 0 amide bonds. The SMILES string of the molecule is CC/C=C(C)/C=C\CC(C)C(C)(C)C/C(F)=C\C=C/CCC. The number of halogens is 1. The molecule has 1 heteroatoms. The molecule has 0 saturated carbocycles. The lowest BCUT2D eigenvalue weighted by Gasteiger charge is -2.30. The highest BCUT2D eigenvalue weighted by atomic mass is 19.1. The van der Waals surface area contributed by atoms with Crippen LogP contribution in [0.2, 0.25) is 0 Å². The van der Waals surface area contributed by atoms with E-state index in [1.807, 2.05) is 12.2 Å². The van der Waals surface area contributed by atoms with E-state index in [0.29, 0.717) is 12.3 Å². The predicted octanol–water partition coefficient (Wildman–Crippen LogP) is 7.55. The molecule has 0 N–H and O–H groups in total. The van der Waals surface area contributed by atoms with Gasteiger partial charge in [-0.25, -0.2) is 4.39 Å². The zero-order valence-corrected chi connectivity index (χ0v) is 15.5. The first-order valence-electron chi connectivity index (χ1n) is 8.68.